The fourth-order valence-corrected chi connectivity index (χ4v) is 3.39. The molecule has 2 heterocycles. The summed E-state index contributed by atoms with van der Waals surface area (Å²) < 4.78 is 5.59. The first kappa shape index (κ1) is 18.7. The normalized spacial score (nSPS) is 21.0. The van der Waals surface area contributed by atoms with E-state index >= 15 is 0 Å². The van der Waals surface area contributed by atoms with Gasteiger partial charge in [0.25, 0.3) is 0 Å². The number of piperazine rings is 1. The lowest BCUT2D eigenvalue weighted by atomic mass is 10.0. The van der Waals surface area contributed by atoms with Crippen LogP contribution in [0.3, 0.4) is 0 Å². The summed E-state index contributed by atoms with van der Waals surface area (Å²) in [6, 6.07) is 0. The number of ether oxygens (including phenoxy) is 1. The lowest BCUT2D eigenvalue weighted by Gasteiger charge is -2.42. The van der Waals surface area contributed by atoms with E-state index in [0.29, 0.717) is 24.9 Å². The Morgan fingerprint density at radius 3 is 2.43 bits per heavy atom. The molecule has 0 spiro atoms. The molecule has 2 rings (SSSR count). The number of rotatable bonds is 9. The van der Waals surface area contributed by atoms with Gasteiger partial charge in [0.2, 0.25) is 5.91 Å². The zero-order valence-corrected chi connectivity index (χ0v) is 15.3. The van der Waals surface area contributed by atoms with Crippen molar-refractivity contribution < 1.29 is 9.53 Å². The summed E-state index contributed by atoms with van der Waals surface area (Å²) in [5.41, 5.74) is 0. The Hall–Kier alpha value is -0.650. The van der Waals surface area contributed by atoms with E-state index in [1.807, 2.05) is 4.90 Å². The maximum absolute atomic E-state index is 12.2. The number of nitrogens with zero attached hydrogens (tertiary/aromatic N) is 3. The fraction of sp³-hybridized carbons (Fsp3) is 0.944. The number of hydrogen-bond acceptors (Lipinski definition) is 4. The molecule has 1 amide bonds. The first-order chi connectivity index (χ1) is 11.0. The molecule has 0 aromatic heterocycles. The Labute approximate surface area is 141 Å². The second kappa shape index (κ2) is 9.60. The van der Waals surface area contributed by atoms with Crippen LogP contribution in [0.25, 0.3) is 0 Å². The first-order valence-electron chi connectivity index (χ1n) is 9.31. The molecule has 0 aromatic carbocycles. The van der Waals surface area contributed by atoms with E-state index in [0.717, 1.165) is 51.5 Å². The Bertz CT molecular complexity index is 348. The van der Waals surface area contributed by atoms with E-state index in [-0.39, 0.29) is 0 Å². The lowest BCUT2D eigenvalue weighted by Crippen LogP contribution is -2.54. The molecule has 0 aromatic rings. The van der Waals surface area contributed by atoms with Crippen molar-refractivity contribution >= 4 is 5.91 Å². The van der Waals surface area contributed by atoms with Crippen molar-refractivity contribution in [2.45, 2.75) is 33.1 Å². The van der Waals surface area contributed by atoms with Gasteiger partial charge in [-0.1, -0.05) is 13.8 Å². The third kappa shape index (κ3) is 6.77. The highest BCUT2D eigenvalue weighted by atomic mass is 16.5. The predicted octanol–water partition coefficient (Wildman–Crippen LogP) is 1.54. The summed E-state index contributed by atoms with van der Waals surface area (Å²) >= 11 is 0. The molecule has 0 radical (unpaired) electrons. The van der Waals surface area contributed by atoms with E-state index in [9.17, 15) is 4.79 Å². The van der Waals surface area contributed by atoms with Crippen molar-refractivity contribution in [1.82, 2.24) is 14.7 Å². The van der Waals surface area contributed by atoms with Gasteiger partial charge in [0, 0.05) is 65.4 Å². The number of amides is 1. The van der Waals surface area contributed by atoms with E-state index in [1.54, 1.807) is 0 Å². The fourth-order valence-electron chi connectivity index (χ4n) is 3.39. The maximum atomic E-state index is 12.2. The largest absolute Gasteiger partial charge is 0.381 e. The van der Waals surface area contributed by atoms with Crippen LogP contribution in [0.15, 0.2) is 0 Å². The van der Waals surface area contributed by atoms with Gasteiger partial charge in [-0.15, -0.1) is 0 Å². The van der Waals surface area contributed by atoms with Gasteiger partial charge >= 0.3 is 0 Å². The molecule has 0 unspecified atom stereocenters. The zero-order valence-electron chi connectivity index (χ0n) is 15.3. The van der Waals surface area contributed by atoms with Crippen LogP contribution < -0.4 is 0 Å². The van der Waals surface area contributed by atoms with Gasteiger partial charge in [-0.3, -0.25) is 9.69 Å². The smallest absolute Gasteiger partial charge is 0.222 e. The van der Waals surface area contributed by atoms with Gasteiger partial charge < -0.3 is 14.5 Å². The summed E-state index contributed by atoms with van der Waals surface area (Å²) in [7, 11) is 2.18. The Morgan fingerprint density at radius 1 is 1.13 bits per heavy atom. The molecule has 2 aliphatic rings. The van der Waals surface area contributed by atoms with Crippen molar-refractivity contribution in [3.63, 3.8) is 0 Å². The minimum atomic E-state index is 0.306. The summed E-state index contributed by atoms with van der Waals surface area (Å²) in [5, 5.41) is 0. The van der Waals surface area contributed by atoms with Crippen LogP contribution in [-0.4, -0.2) is 86.7 Å². The van der Waals surface area contributed by atoms with Gasteiger partial charge in [-0.25, -0.2) is 0 Å². The summed E-state index contributed by atoms with van der Waals surface area (Å²) in [6.45, 7) is 13.5. The average Bonchev–Trinajstić information content (AvgIpc) is 2.49. The minimum Gasteiger partial charge on any atom is -0.381 e. The molecule has 2 fully saturated rings. The standard InChI is InChI=1S/C18H35N3O2/c1-16(2)6-12-23-11-4-5-18(22)21-9-7-20(8-10-21)15-17-13-19(3)14-17/h16-17H,4-15H2,1-3H3. The molecule has 0 bridgehead atoms. The summed E-state index contributed by atoms with van der Waals surface area (Å²) in [6.07, 6.45) is 2.59. The van der Waals surface area contributed by atoms with Crippen molar-refractivity contribution in [2.75, 3.05) is 66.1 Å². The first-order valence-corrected chi connectivity index (χ1v) is 9.31. The molecule has 5 nitrogen and oxygen atoms in total. The third-order valence-electron chi connectivity index (χ3n) is 4.90. The van der Waals surface area contributed by atoms with Gasteiger partial charge in [-0.2, -0.15) is 0 Å². The quantitative estimate of drug-likeness (QED) is 0.603. The minimum absolute atomic E-state index is 0.306. The van der Waals surface area contributed by atoms with Crippen LogP contribution in [0.5, 0.6) is 0 Å². The molecule has 5 heteroatoms. The van der Waals surface area contributed by atoms with Crippen LogP contribution >= 0.6 is 0 Å². The lowest BCUT2D eigenvalue weighted by molar-refractivity contribution is -0.133. The van der Waals surface area contributed by atoms with E-state index in [2.05, 4.69) is 30.7 Å². The highest BCUT2D eigenvalue weighted by Gasteiger charge is 2.27. The molecular weight excluding hydrogens is 290 g/mol. The number of likely N-dealkylation sites (tertiary alicyclic amines) is 1. The monoisotopic (exact) mass is 325 g/mol. The molecule has 0 atom stereocenters. The molecule has 134 valence electrons. The van der Waals surface area contributed by atoms with Gasteiger partial charge in [0.1, 0.15) is 0 Å². The highest BCUT2D eigenvalue weighted by molar-refractivity contribution is 5.76. The molecule has 2 saturated heterocycles. The molecular formula is C18H35N3O2. The molecule has 2 aliphatic heterocycles. The van der Waals surface area contributed by atoms with E-state index in [4.69, 9.17) is 4.74 Å². The molecule has 0 aliphatic carbocycles. The second-order valence-electron chi connectivity index (χ2n) is 7.67. The Balaban J connectivity index is 1.50. The van der Waals surface area contributed by atoms with Gasteiger partial charge in [0.05, 0.1) is 0 Å². The van der Waals surface area contributed by atoms with Crippen LogP contribution in [0.4, 0.5) is 0 Å². The van der Waals surface area contributed by atoms with Crippen LogP contribution in [0, 0.1) is 11.8 Å². The Kier molecular flexibility index (Phi) is 7.80. The summed E-state index contributed by atoms with van der Waals surface area (Å²) in [4.78, 5) is 19.2. The van der Waals surface area contributed by atoms with Crippen LogP contribution in [0.2, 0.25) is 0 Å². The number of hydrogen-bond donors (Lipinski definition) is 0. The number of carbonyl (C=O) groups excluding carboxylic acids is 1. The van der Waals surface area contributed by atoms with Crippen molar-refractivity contribution in [1.29, 1.82) is 0 Å². The van der Waals surface area contributed by atoms with Crippen molar-refractivity contribution in [2.24, 2.45) is 11.8 Å². The third-order valence-corrected chi connectivity index (χ3v) is 4.90. The van der Waals surface area contributed by atoms with E-state index < -0.39 is 0 Å². The second-order valence-corrected chi connectivity index (χ2v) is 7.67. The van der Waals surface area contributed by atoms with Gasteiger partial charge in [0.15, 0.2) is 0 Å². The maximum Gasteiger partial charge on any atom is 0.222 e. The average molecular weight is 325 g/mol. The molecule has 0 N–H and O–H groups in total. The van der Waals surface area contributed by atoms with Crippen molar-refractivity contribution in [3.05, 3.63) is 0 Å². The SMILES string of the molecule is CC(C)CCOCCCC(=O)N1CCN(CC2CN(C)C2)CC1. The number of carbonyl (C=O) groups is 1. The van der Waals surface area contributed by atoms with E-state index in [1.165, 1.54) is 19.6 Å². The van der Waals surface area contributed by atoms with Crippen LogP contribution in [0.1, 0.15) is 33.1 Å². The Morgan fingerprint density at radius 2 is 1.83 bits per heavy atom. The molecule has 0 saturated carbocycles. The predicted molar refractivity (Wildman–Crippen MR) is 93.5 cm³/mol. The van der Waals surface area contributed by atoms with Crippen LogP contribution in [-0.2, 0) is 9.53 Å². The van der Waals surface area contributed by atoms with Gasteiger partial charge in [-0.05, 0) is 31.7 Å². The topological polar surface area (TPSA) is 36.0 Å². The molecule has 23 heavy (non-hydrogen) atoms. The summed E-state index contributed by atoms with van der Waals surface area (Å²) in [5.74, 6) is 1.83. The highest BCUT2D eigenvalue weighted by Crippen LogP contribution is 2.15. The zero-order chi connectivity index (χ0) is 16.7. The van der Waals surface area contributed by atoms with Crippen molar-refractivity contribution in [3.8, 4) is 0 Å².